The third-order valence-corrected chi connectivity index (χ3v) is 2.89. The summed E-state index contributed by atoms with van der Waals surface area (Å²) in [7, 11) is 0. The highest BCUT2D eigenvalue weighted by Gasteiger charge is 2.38. The average Bonchev–Trinajstić information content (AvgIpc) is 2.39. The van der Waals surface area contributed by atoms with Crippen molar-refractivity contribution in [1.82, 2.24) is 5.23 Å². The minimum absolute atomic E-state index is 0.0531. The van der Waals surface area contributed by atoms with E-state index in [2.05, 4.69) is 5.32 Å². The Labute approximate surface area is 93.2 Å². The molecule has 0 fully saturated rings. The van der Waals surface area contributed by atoms with Crippen molar-refractivity contribution in [3.63, 3.8) is 0 Å². The Morgan fingerprint density at radius 2 is 2.19 bits per heavy atom. The highest BCUT2D eigenvalue weighted by Crippen LogP contribution is 2.37. The van der Waals surface area contributed by atoms with E-state index >= 15 is 0 Å². The van der Waals surface area contributed by atoms with Crippen LogP contribution in [0.25, 0.3) is 0 Å². The second-order valence-electron chi connectivity index (χ2n) is 4.47. The zero-order valence-corrected chi connectivity index (χ0v) is 9.15. The van der Waals surface area contributed by atoms with E-state index < -0.39 is 5.41 Å². The van der Waals surface area contributed by atoms with Gasteiger partial charge < -0.3 is 15.7 Å². The lowest BCUT2D eigenvalue weighted by molar-refractivity contribution is -0.119. The van der Waals surface area contributed by atoms with Crippen LogP contribution in [0.1, 0.15) is 25.0 Å². The van der Waals surface area contributed by atoms with Crippen LogP contribution in [0.4, 0.5) is 5.69 Å². The summed E-state index contributed by atoms with van der Waals surface area (Å²) in [5, 5.41) is 21.8. The largest absolute Gasteiger partial charge is 0.762 e. The van der Waals surface area contributed by atoms with E-state index in [9.17, 15) is 10.0 Å². The molecule has 0 saturated heterocycles. The smallest absolute Gasteiger partial charge is 0.234 e. The van der Waals surface area contributed by atoms with Gasteiger partial charge in [0.1, 0.15) is 0 Å². The number of carbonyl (C=O) groups is 1. The summed E-state index contributed by atoms with van der Waals surface area (Å²) in [5.41, 5.74) is 1.72. The van der Waals surface area contributed by atoms with Crippen LogP contribution >= 0.6 is 0 Å². The predicted molar refractivity (Wildman–Crippen MR) is 58.8 cm³/mol. The van der Waals surface area contributed by atoms with Gasteiger partial charge in [-0.05, 0) is 31.0 Å². The van der Waals surface area contributed by atoms with E-state index in [0.717, 1.165) is 11.3 Å². The molecule has 0 atom stereocenters. The number of hydroxylamine groups is 2. The molecular weight excluding hydrogens is 208 g/mol. The van der Waals surface area contributed by atoms with Gasteiger partial charge in [0.05, 0.1) is 5.41 Å². The van der Waals surface area contributed by atoms with Crippen molar-refractivity contribution in [3.05, 3.63) is 34.5 Å². The van der Waals surface area contributed by atoms with Crippen LogP contribution in [0.3, 0.4) is 0 Å². The van der Waals surface area contributed by atoms with Crippen LogP contribution in [0.5, 0.6) is 0 Å². The molecule has 2 N–H and O–H groups in total. The molecule has 0 aliphatic carbocycles. The van der Waals surface area contributed by atoms with Crippen molar-refractivity contribution in [1.29, 1.82) is 0 Å². The molecule has 1 aromatic rings. The normalized spacial score (nSPS) is 17.4. The number of hydrogen-bond donors (Lipinski definition) is 2. The van der Waals surface area contributed by atoms with Crippen molar-refractivity contribution in [3.8, 4) is 0 Å². The lowest BCUT2D eigenvalue weighted by Crippen LogP contribution is -2.27. The Morgan fingerprint density at radius 3 is 2.81 bits per heavy atom. The fourth-order valence-electron chi connectivity index (χ4n) is 1.87. The second kappa shape index (κ2) is 3.55. The summed E-state index contributed by atoms with van der Waals surface area (Å²) in [6, 6.07) is 5.23. The zero-order valence-electron chi connectivity index (χ0n) is 9.15. The van der Waals surface area contributed by atoms with Gasteiger partial charge in [0.25, 0.3) is 0 Å². The third kappa shape index (κ3) is 1.69. The molecule has 1 amide bonds. The lowest BCUT2D eigenvalue weighted by Gasteiger charge is -2.21. The number of anilines is 1. The number of benzene rings is 1. The Hall–Kier alpha value is -1.43. The van der Waals surface area contributed by atoms with Gasteiger partial charge in [-0.3, -0.25) is 10.0 Å². The summed E-state index contributed by atoms with van der Waals surface area (Å²) in [5.74, 6) is -0.0531. The van der Waals surface area contributed by atoms with Crippen molar-refractivity contribution >= 4 is 11.6 Å². The number of hydrogen-bond acceptors (Lipinski definition) is 4. The van der Waals surface area contributed by atoms with Crippen molar-refractivity contribution < 1.29 is 10.0 Å². The first-order valence-corrected chi connectivity index (χ1v) is 4.99. The minimum Gasteiger partial charge on any atom is -0.762 e. The molecule has 0 spiro atoms. The molecule has 1 aliphatic heterocycles. The van der Waals surface area contributed by atoms with Crippen LogP contribution in [0.15, 0.2) is 18.2 Å². The summed E-state index contributed by atoms with van der Waals surface area (Å²) in [4.78, 5) is 11.7. The molecule has 0 unspecified atom stereocenters. The second-order valence-corrected chi connectivity index (χ2v) is 4.47. The number of nitrogens with one attached hydrogen (secondary N) is 1. The van der Waals surface area contributed by atoms with E-state index in [0.29, 0.717) is 5.56 Å². The molecule has 86 valence electrons. The van der Waals surface area contributed by atoms with Gasteiger partial charge in [0.15, 0.2) is 0 Å². The molecule has 0 bridgehead atoms. The SMILES string of the molecule is CC1(C)C(=O)Nc2ccc(CN([O-])O)cc21. The van der Waals surface area contributed by atoms with Crippen LogP contribution < -0.4 is 5.32 Å². The molecule has 1 aliphatic rings. The fraction of sp³-hybridized carbons (Fsp3) is 0.364. The van der Waals surface area contributed by atoms with E-state index in [1.165, 1.54) is 0 Å². The average molecular weight is 221 g/mol. The maximum absolute atomic E-state index is 11.7. The summed E-state index contributed by atoms with van der Waals surface area (Å²) >= 11 is 0. The van der Waals surface area contributed by atoms with Crippen molar-refractivity contribution in [2.75, 3.05) is 5.32 Å². The standard InChI is InChI=1S/C11H13N2O3/c1-11(2)8-5-7(6-13(15)16)3-4-9(8)12-10(11)14/h3-5,15H,6H2,1-2H3,(H,12,14)/q-1. The lowest BCUT2D eigenvalue weighted by atomic mass is 9.85. The van der Waals surface area contributed by atoms with E-state index in [-0.39, 0.29) is 17.7 Å². The van der Waals surface area contributed by atoms with Gasteiger partial charge >= 0.3 is 0 Å². The number of carbonyl (C=O) groups excluding carboxylic acids is 1. The molecule has 0 aromatic heterocycles. The van der Waals surface area contributed by atoms with Gasteiger partial charge in [-0.1, -0.05) is 12.1 Å². The summed E-state index contributed by atoms with van der Waals surface area (Å²) in [6.07, 6.45) is 0. The van der Waals surface area contributed by atoms with Crippen LogP contribution in [-0.2, 0) is 16.8 Å². The molecule has 0 saturated carbocycles. The van der Waals surface area contributed by atoms with Gasteiger partial charge in [-0.25, -0.2) is 0 Å². The molecule has 16 heavy (non-hydrogen) atoms. The molecule has 5 heteroatoms. The Kier molecular flexibility index (Phi) is 2.46. The van der Waals surface area contributed by atoms with Crippen molar-refractivity contribution in [2.45, 2.75) is 25.8 Å². The van der Waals surface area contributed by atoms with Crippen molar-refractivity contribution in [2.24, 2.45) is 0 Å². The van der Waals surface area contributed by atoms with Crippen LogP contribution in [0.2, 0.25) is 0 Å². The Bertz CT molecular complexity index is 441. The predicted octanol–water partition coefficient (Wildman–Crippen LogP) is 1.61. The Balaban J connectivity index is 2.40. The quantitative estimate of drug-likeness (QED) is 0.744. The number of nitrogens with zero attached hydrogens (tertiary/aromatic N) is 1. The third-order valence-electron chi connectivity index (χ3n) is 2.89. The molecule has 0 radical (unpaired) electrons. The first-order chi connectivity index (χ1) is 7.41. The molecule has 2 rings (SSSR count). The van der Waals surface area contributed by atoms with E-state index in [4.69, 9.17) is 5.21 Å². The van der Waals surface area contributed by atoms with E-state index in [1.807, 2.05) is 13.8 Å². The maximum Gasteiger partial charge on any atom is 0.234 e. The zero-order chi connectivity index (χ0) is 11.9. The molecule has 5 nitrogen and oxygen atoms in total. The Morgan fingerprint density at radius 1 is 1.50 bits per heavy atom. The first-order valence-electron chi connectivity index (χ1n) is 4.99. The minimum atomic E-state index is -0.589. The maximum atomic E-state index is 11.7. The fourth-order valence-corrected chi connectivity index (χ4v) is 1.87. The van der Waals surface area contributed by atoms with E-state index in [1.54, 1.807) is 18.2 Å². The number of amides is 1. The summed E-state index contributed by atoms with van der Waals surface area (Å²) < 4.78 is 0. The topological polar surface area (TPSA) is 75.6 Å². The molecular formula is C11H13N2O3-. The van der Waals surface area contributed by atoms with Gasteiger partial charge in [-0.2, -0.15) is 0 Å². The molecule has 1 heterocycles. The monoisotopic (exact) mass is 221 g/mol. The van der Waals surface area contributed by atoms with Crippen LogP contribution in [0, 0.1) is 5.21 Å². The molecule has 1 aromatic carbocycles. The van der Waals surface area contributed by atoms with Gasteiger partial charge in [-0.15, -0.1) is 0 Å². The number of fused-ring (bicyclic) bond motifs is 1. The van der Waals surface area contributed by atoms with Gasteiger partial charge in [0.2, 0.25) is 5.91 Å². The first kappa shape index (κ1) is 11.1. The van der Waals surface area contributed by atoms with Gasteiger partial charge in [0, 0.05) is 12.2 Å². The highest BCUT2D eigenvalue weighted by molar-refractivity contribution is 6.05. The highest BCUT2D eigenvalue weighted by atomic mass is 16.8. The summed E-state index contributed by atoms with van der Waals surface area (Å²) in [6.45, 7) is 3.55. The van der Waals surface area contributed by atoms with Crippen LogP contribution in [-0.4, -0.2) is 16.3 Å². The number of rotatable bonds is 2.